The number of hydrogen-bond acceptors (Lipinski definition) is 7. The number of hydrogen-bond donors (Lipinski definition) is 1. The molecule has 1 amide bonds. The van der Waals surface area contributed by atoms with E-state index in [-0.39, 0.29) is 25.9 Å². The number of benzene rings is 2. The summed E-state index contributed by atoms with van der Waals surface area (Å²) in [6.45, 7) is 2.18. The minimum atomic E-state index is -3.90. The summed E-state index contributed by atoms with van der Waals surface area (Å²) in [6.07, 6.45) is 0. The van der Waals surface area contributed by atoms with E-state index in [9.17, 15) is 21.6 Å². The number of aromatic nitrogens is 1. The Morgan fingerprint density at radius 1 is 1.16 bits per heavy atom. The van der Waals surface area contributed by atoms with Crippen LogP contribution < -0.4 is 9.94 Å². The standard InChI is InChI=1S/C19H21N3O6S3/c1-3-30(24,25)17-7-5-4-6-14(17)18(23)21-19-22(10-11-28-2)15-9-8-13(31(20,26)27)12-16(15)29-19/h4-9,12H,3,10-11H2,1-2H3,(H2,20,26,27). The van der Waals surface area contributed by atoms with Crippen molar-refractivity contribution in [1.82, 2.24) is 4.57 Å². The Morgan fingerprint density at radius 2 is 1.87 bits per heavy atom. The fraction of sp³-hybridized carbons (Fsp3) is 0.263. The monoisotopic (exact) mass is 483 g/mol. The van der Waals surface area contributed by atoms with Crippen molar-refractivity contribution in [1.29, 1.82) is 0 Å². The van der Waals surface area contributed by atoms with Crippen LogP contribution in [0.5, 0.6) is 0 Å². The molecule has 166 valence electrons. The molecule has 3 aromatic rings. The second kappa shape index (κ2) is 9.01. The van der Waals surface area contributed by atoms with E-state index in [0.29, 0.717) is 23.4 Å². The highest BCUT2D eigenvalue weighted by Crippen LogP contribution is 2.22. The molecule has 0 radical (unpaired) electrons. The molecule has 3 rings (SSSR count). The van der Waals surface area contributed by atoms with Crippen molar-refractivity contribution in [2.45, 2.75) is 23.3 Å². The molecule has 0 fully saturated rings. The lowest BCUT2D eigenvalue weighted by molar-refractivity contribution is 0.0994. The molecule has 2 aromatic carbocycles. The minimum Gasteiger partial charge on any atom is -0.383 e. The van der Waals surface area contributed by atoms with Crippen LogP contribution in [0.15, 0.2) is 57.2 Å². The van der Waals surface area contributed by atoms with Gasteiger partial charge in [-0.15, -0.1) is 0 Å². The van der Waals surface area contributed by atoms with Gasteiger partial charge in [0.1, 0.15) is 0 Å². The molecule has 0 saturated heterocycles. The van der Waals surface area contributed by atoms with Gasteiger partial charge < -0.3 is 9.30 Å². The molecule has 0 saturated carbocycles. The molecular weight excluding hydrogens is 462 g/mol. The summed E-state index contributed by atoms with van der Waals surface area (Å²) in [6, 6.07) is 10.3. The average molecular weight is 484 g/mol. The molecule has 9 nitrogen and oxygen atoms in total. The Labute approximate surface area is 183 Å². The van der Waals surface area contributed by atoms with Crippen molar-refractivity contribution in [3.05, 3.63) is 52.8 Å². The Morgan fingerprint density at radius 3 is 2.52 bits per heavy atom. The highest BCUT2D eigenvalue weighted by Gasteiger charge is 2.21. The van der Waals surface area contributed by atoms with Crippen LogP contribution in [-0.2, 0) is 31.1 Å². The number of thiazole rings is 1. The van der Waals surface area contributed by atoms with Crippen LogP contribution in [0.2, 0.25) is 0 Å². The number of sulfone groups is 1. The number of ether oxygens (including phenoxy) is 1. The van der Waals surface area contributed by atoms with Crippen molar-refractivity contribution in [3.8, 4) is 0 Å². The van der Waals surface area contributed by atoms with E-state index in [1.807, 2.05) is 0 Å². The van der Waals surface area contributed by atoms with Gasteiger partial charge in [-0.2, -0.15) is 4.99 Å². The van der Waals surface area contributed by atoms with Crippen LogP contribution >= 0.6 is 11.3 Å². The molecule has 0 atom stereocenters. The van der Waals surface area contributed by atoms with Gasteiger partial charge in [-0.25, -0.2) is 22.0 Å². The predicted molar refractivity (Wildman–Crippen MR) is 117 cm³/mol. The average Bonchev–Trinajstić information content (AvgIpc) is 3.07. The smallest absolute Gasteiger partial charge is 0.280 e. The first-order chi connectivity index (χ1) is 14.6. The van der Waals surface area contributed by atoms with Gasteiger partial charge >= 0.3 is 0 Å². The molecule has 1 heterocycles. The Kier molecular flexibility index (Phi) is 6.76. The van der Waals surface area contributed by atoms with Crippen LogP contribution in [0, 0.1) is 0 Å². The number of nitrogens with two attached hydrogens (primary N) is 1. The zero-order valence-corrected chi connectivity index (χ0v) is 19.3. The number of methoxy groups -OCH3 is 1. The normalized spacial score (nSPS) is 13.1. The molecule has 1 aromatic heterocycles. The summed E-state index contributed by atoms with van der Waals surface area (Å²) in [5, 5.41) is 5.22. The van der Waals surface area contributed by atoms with E-state index < -0.39 is 25.8 Å². The van der Waals surface area contributed by atoms with Crippen molar-refractivity contribution in [2.75, 3.05) is 19.5 Å². The van der Waals surface area contributed by atoms with Gasteiger partial charge in [0.15, 0.2) is 14.6 Å². The van der Waals surface area contributed by atoms with Crippen LogP contribution in [-0.4, -0.2) is 46.8 Å². The summed E-state index contributed by atoms with van der Waals surface area (Å²) in [4.78, 5) is 17.3. The van der Waals surface area contributed by atoms with Gasteiger partial charge in [-0.05, 0) is 30.3 Å². The lowest BCUT2D eigenvalue weighted by Gasteiger charge is -2.07. The van der Waals surface area contributed by atoms with E-state index in [1.54, 1.807) is 22.8 Å². The fourth-order valence-corrected chi connectivity index (χ4v) is 5.73. The maximum atomic E-state index is 12.9. The molecule has 31 heavy (non-hydrogen) atoms. The summed E-state index contributed by atoms with van der Waals surface area (Å²) in [5.41, 5.74) is 0.626. The van der Waals surface area contributed by atoms with Crippen LogP contribution in [0.25, 0.3) is 10.2 Å². The quantitative estimate of drug-likeness (QED) is 0.541. The highest BCUT2D eigenvalue weighted by atomic mass is 32.2. The SMILES string of the molecule is CCS(=O)(=O)c1ccccc1C(=O)N=c1sc2cc(S(N)(=O)=O)ccc2n1CCOC. The highest BCUT2D eigenvalue weighted by molar-refractivity contribution is 7.91. The van der Waals surface area contributed by atoms with E-state index in [4.69, 9.17) is 9.88 Å². The lowest BCUT2D eigenvalue weighted by atomic mass is 10.2. The first kappa shape index (κ1) is 23.3. The maximum absolute atomic E-state index is 12.9. The number of nitrogens with zero attached hydrogens (tertiary/aromatic N) is 2. The number of carbonyl (C=O) groups excluding carboxylic acids is 1. The summed E-state index contributed by atoms with van der Waals surface area (Å²) >= 11 is 1.10. The fourth-order valence-electron chi connectivity index (χ4n) is 2.93. The molecule has 0 aliphatic carbocycles. The predicted octanol–water partition coefficient (Wildman–Crippen LogP) is 1.53. The van der Waals surface area contributed by atoms with E-state index in [0.717, 1.165) is 11.3 Å². The molecule has 0 spiro atoms. The molecular formula is C19H21N3O6S3. The van der Waals surface area contributed by atoms with E-state index in [2.05, 4.69) is 4.99 Å². The third kappa shape index (κ3) is 4.93. The summed E-state index contributed by atoms with van der Waals surface area (Å²) in [5.74, 6) is -0.860. The number of amides is 1. The minimum absolute atomic E-state index is 0.0228. The Hall–Kier alpha value is -2.38. The van der Waals surface area contributed by atoms with Gasteiger partial charge in [0.25, 0.3) is 5.91 Å². The van der Waals surface area contributed by atoms with Crippen molar-refractivity contribution in [3.63, 3.8) is 0 Å². The van der Waals surface area contributed by atoms with E-state index in [1.165, 1.54) is 38.3 Å². The van der Waals surface area contributed by atoms with Crippen LogP contribution in [0.4, 0.5) is 0 Å². The second-order valence-electron chi connectivity index (χ2n) is 6.52. The zero-order valence-electron chi connectivity index (χ0n) is 16.8. The summed E-state index contributed by atoms with van der Waals surface area (Å²) < 4.78 is 55.5. The third-order valence-corrected chi connectivity index (χ3v) is 8.27. The van der Waals surface area contributed by atoms with E-state index >= 15 is 0 Å². The van der Waals surface area contributed by atoms with Crippen molar-refractivity contribution < 1.29 is 26.4 Å². The van der Waals surface area contributed by atoms with Crippen molar-refractivity contribution in [2.24, 2.45) is 10.1 Å². The molecule has 0 unspecified atom stereocenters. The number of sulfonamides is 1. The van der Waals surface area contributed by atoms with Gasteiger partial charge in [0.2, 0.25) is 10.0 Å². The molecule has 0 bridgehead atoms. The molecule has 0 aliphatic heterocycles. The van der Waals surface area contributed by atoms with Crippen molar-refractivity contribution >= 4 is 47.3 Å². The number of carbonyl (C=O) groups is 1. The van der Waals surface area contributed by atoms with Gasteiger partial charge in [-0.1, -0.05) is 30.4 Å². The zero-order chi connectivity index (χ0) is 22.8. The number of rotatable bonds is 7. The van der Waals surface area contributed by atoms with Crippen LogP contribution in [0.3, 0.4) is 0 Å². The largest absolute Gasteiger partial charge is 0.383 e. The molecule has 12 heteroatoms. The van der Waals surface area contributed by atoms with Crippen LogP contribution in [0.1, 0.15) is 17.3 Å². The molecule has 2 N–H and O–H groups in total. The maximum Gasteiger partial charge on any atom is 0.280 e. The third-order valence-electron chi connectivity index (χ3n) is 4.53. The van der Waals surface area contributed by atoms with Gasteiger partial charge in [0, 0.05) is 13.7 Å². The molecule has 0 aliphatic rings. The first-order valence-corrected chi connectivity index (χ1v) is 13.2. The topological polar surface area (TPSA) is 138 Å². The Bertz CT molecular complexity index is 1420. The number of fused-ring (bicyclic) bond motifs is 1. The van der Waals surface area contributed by atoms with Gasteiger partial charge in [-0.3, -0.25) is 4.79 Å². The Balaban J connectivity index is 2.21. The lowest BCUT2D eigenvalue weighted by Crippen LogP contribution is -2.20. The first-order valence-electron chi connectivity index (χ1n) is 9.14. The van der Waals surface area contributed by atoms with Gasteiger partial charge in [0.05, 0.1) is 37.9 Å². The second-order valence-corrected chi connectivity index (χ2v) is 11.3. The number of primary sulfonamides is 1. The summed E-state index contributed by atoms with van der Waals surface area (Å²) in [7, 11) is -5.99.